The Balaban J connectivity index is 1.95. The van der Waals surface area contributed by atoms with E-state index < -0.39 is 9.84 Å². The summed E-state index contributed by atoms with van der Waals surface area (Å²) >= 11 is 0. The summed E-state index contributed by atoms with van der Waals surface area (Å²) in [5, 5.41) is 0. The van der Waals surface area contributed by atoms with Crippen molar-refractivity contribution in [2.24, 2.45) is 0 Å². The second-order valence-electron chi connectivity index (χ2n) is 5.70. The predicted molar refractivity (Wildman–Crippen MR) is 84.9 cm³/mol. The van der Waals surface area contributed by atoms with E-state index in [0.717, 1.165) is 30.4 Å². The van der Waals surface area contributed by atoms with Crippen LogP contribution in [0.25, 0.3) is 0 Å². The zero-order valence-corrected chi connectivity index (χ0v) is 12.9. The Morgan fingerprint density at radius 3 is 2.67 bits per heavy atom. The summed E-state index contributed by atoms with van der Waals surface area (Å²) in [5.41, 5.74) is 10.6. The summed E-state index contributed by atoms with van der Waals surface area (Å²) in [6.07, 6.45) is 3.32. The van der Waals surface area contributed by atoms with Gasteiger partial charge in [-0.25, -0.2) is 8.42 Å². The summed E-state index contributed by atoms with van der Waals surface area (Å²) in [5.74, 6) is 0.00787. The van der Waals surface area contributed by atoms with Crippen molar-refractivity contribution < 1.29 is 8.42 Å². The van der Waals surface area contributed by atoms with Crippen molar-refractivity contribution in [2.75, 3.05) is 5.73 Å². The molecule has 1 aliphatic rings. The second-order valence-corrected chi connectivity index (χ2v) is 7.66. The van der Waals surface area contributed by atoms with Gasteiger partial charge in [0.1, 0.15) is 0 Å². The highest BCUT2D eigenvalue weighted by Crippen LogP contribution is 2.27. The number of aryl methyl sites for hydroxylation is 3. The molecule has 3 rings (SSSR count). The summed E-state index contributed by atoms with van der Waals surface area (Å²) in [4.78, 5) is 0.239. The molecule has 0 radical (unpaired) electrons. The summed E-state index contributed by atoms with van der Waals surface area (Å²) in [6, 6.07) is 11.2. The first-order valence-corrected chi connectivity index (χ1v) is 8.81. The molecule has 2 aromatic carbocycles. The van der Waals surface area contributed by atoms with Crippen molar-refractivity contribution in [3.05, 3.63) is 58.7 Å². The lowest BCUT2D eigenvalue weighted by atomic mass is 10.1. The van der Waals surface area contributed by atoms with Crippen molar-refractivity contribution in [1.29, 1.82) is 0 Å². The number of sulfone groups is 1. The highest BCUT2D eigenvalue weighted by molar-refractivity contribution is 7.90. The smallest absolute Gasteiger partial charge is 0.184 e. The van der Waals surface area contributed by atoms with E-state index in [1.165, 1.54) is 11.1 Å². The molecule has 0 amide bonds. The molecule has 0 fully saturated rings. The van der Waals surface area contributed by atoms with E-state index in [2.05, 4.69) is 6.07 Å². The average Bonchev–Trinajstić information content (AvgIpc) is 2.88. The molecule has 0 aliphatic heterocycles. The number of nitrogens with two attached hydrogens (primary N) is 1. The number of rotatable bonds is 3. The van der Waals surface area contributed by atoms with Gasteiger partial charge in [-0.05, 0) is 54.5 Å². The van der Waals surface area contributed by atoms with Crippen molar-refractivity contribution in [3.63, 3.8) is 0 Å². The van der Waals surface area contributed by atoms with Crippen LogP contribution in [0, 0.1) is 6.92 Å². The molecule has 2 aromatic rings. The minimum atomic E-state index is -3.41. The number of benzene rings is 2. The van der Waals surface area contributed by atoms with E-state index in [1.807, 2.05) is 25.1 Å². The van der Waals surface area contributed by atoms with Crippen LogP contribution >= 0.6 is 0 Å². The van der Waals surface area contributed by atoms with E-state index >= 15 is 0 Å². The van der Waals surface area contributed by atoms with Crippen LogP contribution < -0.4 is 5.73 Å². The molecule has 3 nitrogen and oxygen atoms in total. The lowest BCUT2D eigenvalue weighted by Gasteiger charge is -2.10. The van der Waals surface area contributed by atoms with Gasteiger partial charge in [-0.1, -0.05) is 30.3 Å². The number of para-hydroxylation sites is 1. The highest BCUT2D eigenvalue weighted by atomic mass is 32.2. The maximum absolute atomic E-state index is 12.6. The minimum Gasteiger partial charge on any atom is -0.397 e. The molecule has 1 aliphatic carbocycles. The first-order valence-electron chi connectivity index (χ1n) is 7.16. The molecule has 0 heterocycles. The largest absolute Gasteiger partial charge is 0.397 e. The lowest BCUT2D eigenvalue weighted by molar-refractivity contribution is 0.595. The molecule has 0 saturated heterocycles. The van der Waals surface area contributed by atoms with Gasteiger partial charge in [-0.2, -0.15) is 0 Å². The molecule has 0 spiro atoms. The third-order valence-electron chi connectivity index (χ3n) is 4.14. The maximum atomic E-state index is 12.6. The molecule has 110 valence electrons. The fraction of sp³-hybridized carbons (Fsp3) is 0.294. The quantitative estimate of drug-likeness (QED) is 0.886. The van der Waals surface area contributed by atoms with Crippen LogP contribution in [-0.2, 0) is 28.4 Å². The molecular weight excluding hydrogens is 282 g/mol. The number of hydrogen-bond donors (Lipinski definition) is 1. The van der Waals surface area contributed by atoms with Gasteiger partial charge in [0.15, 0.2) is 9.84 Å². The first kappa shape index (κ1) is 14.1. The summed E-state index contributed by atoms with van der Waals surface area (Å²) in [7, 11) is -3.41. The summed E-state index contributed by atoms with van der Waals surface area (Å²) < 4.78 is 25.2. The van der Waals surface area contributed by atoms with Crippen LogP contribution in [0.5, 0.6) is 0 Å². The van der Waals surface area contributed by atoms with Crippen LogP contribution in [0.4, 0.5) is 5.69 Å². The zero-order valence-electron chi connectivity index (χ0n) is 12.1. The van der Waals surface area contributed by atoms with Crippen molar-refractivity contribution in [3.8, 4) is 0 Å². The van der Waals surface area contributed by atoms with E-state index in [0.29, 0.717) is 5.69 Å². The maximum Gasteiger partial charge on any atom is 0.184 e. The third kappa shape index (κ3) is 2.68. The fourth-order valence-corrected chi connectivity index (χ4v) is 4.49. The zero-order chi connectivity index (χ0) is 15.0. The monoisotopic (exact) mass is 301 g/mol. The standard InChI is InChI=1S/C17H19NO2S/c1-12-4-2-7-16(17(12)18)21(19,20)11-13-8-9-14-5-3-6-15(14)10-13/h2,4,7-10H,3,5-6,11,18H2,1H3. The van der Waals surface area contributed by atoms with Gasteiger partial charge in [0.2, 0.25) is 0 Å². The van der Waals surface area contributed by atoms with Gasteiger partial charge < -0.3 is 5.73 Å². The van der Waals surface area contributed by atoms with Crippen LogP contribution in [0.1, 0.15) is 28.7 Å². The number of anilines is 1. The van der Waals surface area contributed by atoms with E-state index in [4.69, 9.17) is 5.73 Å². The fourth-order valence-electron chi connectivity index (χ4n) is 2.94. The lowest BCUT2D eigenvalue weighted by Crippen LogP contribution is -2.09. The SMILES string of the molecule is Cc1cccc(S(=O)(=O)Cc2ccc3c(c2)CCC3)c1N. The molecule has 0 aromatic heterocycles. The molecule has 0 bridgehead atoms. The van der Waals surface area contributed by atoms with Gasteiger partial charge >= 0.3 is 0 Å². The Morgan fingerprint density at radius 2 is 1.86 bits per heavy atom. The van der Waals surface area contributed by atoms with Crippen molar-refractivity contribution in [2.45, 2.75) is 36.8 Å². The number of hydrogen-bond acceptors (Lipinski definition) is 3. The minimum absolute atomic E-state index is 0.00787. The van der Waals surface area contributed by atoms with Gasteiger partial charge in [0, 0.05) is 0 Å². The number of fused-ring (bicyclic) bond motifs is 1. The van der Waals surface area contributed by atoms with Crippen molar-refractivity contribution >= 4 is 15.5 Å². The topological polar surface area (TPSA) is 60.2 Å². The van der Waals surface area contributed by atoms with Gasteiger partial charge in [-0.15, -0.1) is 0 Å². The highest BCUT2D eigenvalue weighted by Gasteiger charge is 2.20. The molecule has 2 N–H and O–H groups in total. The summed E-state index contributed by atoms with van der Waals surface area (Å²) in [6.45, 7) is 1.82. The molecule has 0 atom stereocenters. The van der Waals surface area contributed by atoms with Crippen molar-refractivity contribution in [1.82, 2.24) is 0 Å². The third-order valence-corrected chi connectivity index (χ3v) is 5.88. The molecule has 4 heteroatoms. The number of nitrogen functional groups attached to an aromatic ring is 1. The molecule has 21 heavy (non-hydrogen) atoms. The Labute approximate surface area is 125 Å². The Hall–Kier alpha value is -1.81. The van der Waals surface area contributed by atoms with E-state index in [1.54, 1.807) is 12.1 Å². The molecular formula is C17H19NO2S. The Kier molecular flexibility index (Phi) is 3.49. The second kappa shape index (κ2) is 5.19. The average molecular weight is 301 g/mol. The Bertz CT molecular complexity index is 794. The van der Waals surface area contributed by atoms with E-state index in [9.17, 15) is 8.42 Å². The molecule has 0 saturated carbocycles. The van der Waals surface area contributed by atoms with Gasteiger partial charge in [0.05, 0.1) is 16.3 Å². The van der Waals surface area contributed by atoms with Crippen LogP contribution in [-0.4, -0.2) is 8.42 Å². The predicted octanol–water partition coefficient (Wildman–Crippen LogP) is 3.04. The van der Waals surface area contributed by atoms with Crippen LogP contribution in [0.2, 0.25) is 0 Å². The van der Waals surface area contributed by atoms with Gasteiger partial charge in [-0.3, -0.25) is 0 Å². The van der Waals surface area contributed by atoms with Crippen LogP contribution in [0.15, 0.2) is 41.3 Å². The van der Waals surface area contributed by atoms with Crippen LogP contribution in [0.3, 0.4) is 0 Å². The Morgan fingerprint density at radius 1 is 1.10 bits per heavy atom. The van der Waals surface area contributed by atoms with Gasteiger partial charge in [0.25, 0.3) is 0 Å². The van der Waals surface area contributed by atoms with E-state index in [-0.39, 0.29) is 10.6 Å². The normalized spacial score (nSPS) is 14.1. The first-order chi connectivity index (χ1) is 9.97. The molecule has 0 unspecified atom stereocenters.